The Morgan fingerprint density at radius 2 is 2.07 bits per heavy atom. The Morgan fingerprint density at radius 1 is 1.53 bits per heavy atom. The molecule has 0 heterocycles. The molecular formula is C8H20N4O2S. The molecule has 0 aromatic rings. The molecule has 0 aliphatic heterocycles. The maximum Gasteiger partial charge on any atom is 0.279 e. The van der Waals surface area contributed by atoms with Crippen LogP contribution in [0.5, 0.6) is 0 Å². The number of amidine groups is 1. The fraction of sp³-hybridized carbons (Fsp3) is 0.875. The van der Waals surface area contributed by atoms with E-state index < -0.39 is 10.2 Å². The third kappa shape index (κ3) is 5.10. The molecule has 0 fully saturated rings. The lowest BCUT2D eigenvalue weighted by Crippen LogP contribution is -2.45. The van der Waals surface area contributed by atoms with E-state index in [2.05, 4.69) is 4.72 Å². The Bertz CT molecular complexity index is 300. The van der Waals surface area contributed by atoms with Gasteiger partial charge in [0.25, 0.3) is 10.2 Å². The van der Waals surface area contributed by atoms with Crippen molar-refractivity contribution in [1.29, 1.82) is 5.41 Å². The number of nitrogens with one attached hydrogen (secondary N) is 2. The van der Waals surface area contributed by atoms with Crippen molar-refractivity contribution in [3.63, 3.8) is 0 Å². The number of rotatable bonds is 7. The second-order valence-corrected chi connectivity index (χ2v) is 5.19. The van der Waals surface area contributed by atoms with Crippen LogP contribution < -0.4 is 10.5 Å². The first-order chi connectivity index (χ1) is 6.81. The lowest BCUT2D eigenvalue weighted by atomic mass is 10.3. The minimum atomic E-state index is -3.44. The molecule has 90 valence electrons. The summed E-state index contributed by atoms with van der Waals surface area (Å²) in [6.07, 6.45) is 0.253. The second-order valence-electron chi connectivity index (χ2n) is 3.48. The van der Waals surface area contributed by atoms with Crippen molar-refractivity contribution >= 4 is 16.0 Å². The number of hydrogen-bond donors (Lipinski definition) is 3. The summed E-state index contributed by atoms with van der Waals surface area (Å²) in [5, 5.41) is 7.07. The summed E-state index contributed by atoms with van der Waals surface area (Å²) in [5.74, 6) is -0.00708. The van der Waals surface area contributed by atoms with E-state index in [1.54, 1.807) is 20.8 Å². The summed E-state index contributed by atoms with van der Waals surface area (Å²) < 4.78 is 27.1. The maximum atomic E-state index is 11.7. The molecule has 0 amide bonds. The molecule has 0 unspecified atom stereocenters. The summed E-state index contributed by atoms with van der Waals surface area (Å²) in [4.78, 5) is 0. The molecule has 4 N–H and O–H groups in total. The SMILES string of the molecule is CCNS(=O)(=O)N(CCC(=N)N)C(C)C. The molecule has 7 heteroatoms. The zero-order chi connectivity index (χ0) is 12.1. The van der Waals surface area contributed by atoms with Crippen molar-refractivity contribution < 1.29 is 8.42 Å². The average Bonchev–Trinajstić information content (AvgIpc) is 2.01. The lowest BCUT2D eigenvalue weighted by Gasteiger charge is -2.25. The van der Waals surface area contributed by atoms with Crippen LogP contribution in [-0.2, 0) is 10.2 Å². The van der Waals surface area contributed by atoms with Crippen LogP contribution in [0.1, 0.15) is 27.2 Å². The average molecular weight is 236 g/mol. The Kier molecular flexibility index (Phi) is 5.77. The number of hydrogen-bond acceptors (Lipinski definition) is 3. The molecular weight excluding hydrogens is 216 g/mol. The van der Waals surface area contributed by atoms with Crippen molar-refractivity contribution in [2.45, 2.75) is 33.2 Å². The lowest BCUT2D eigenvalue weighted by molar-refractivity contribution is 0.356. The van der Waals surface area contributed by atoms with Crippen molar-refractivity contribution in [3.05, 3.63) is 0 Å². The highest BCUT2D eigenvalue weighted by Gasteiger charge is 2.23. The van der Waals surface area contributed by atoms with E-state index in [0.717, 1.165) is 0 Å². The normalized spacial score (nSPS) is 12.3. The summed E-state index contributed by atoms with van der Waals surface area (Å²) in [7, 11) is -3.44. The monoisotopic (exact) mass is 236 g/mol. The predicted molar refractivity (Wildman–Crippen MR) is 61.0 cm³/mol. The quantitative estimate of drug-likeness (QED) is 0.424. The van der Waals surface area contributed by atoms with Gasteiger partial charge in [-0.3, -0.25) is 5.41 Å². The molecule has 0 rings (SSSR count). The molecule has 0 aromatic carbocycles. The van der Waals surface area contributed by atoms with Crippen LogP contribution in [0, 0.1) is 5.41 Å². The number of nitrogens with two attached hydrogens (primary N) is 1. The molecule has 0 saturated carbocycles. The smallest absolute Gasteiger partial charge is 0.279 e. The molecule has 15 heavy (non-hydrogen) atoms. The molecule has 0 aliphatic rings. The first-order valence-corrected chi connectivity index (χ1v) is 6.34. The van der Waals surface area contributed by atoms with E-state index in [1.165, 1.54) is 4.31 Å². The topological polar surface area (TPSA) is 99.3 Å². The third-order valence-electron chi connectivity index (χ3n) is 1.81. The maximum absolute atomic E-state index is 11.7. The Morgan fingerprint density at radius 3 is 2.40 bits per heavy atom. The fourth-order valence-electron chi connectivity index (χ4n) is 1.15. The third-order valence-corrected chi connectivity index (χ3v) is 3.69. The highest BCUT2D eigenvalue weighted by Crippen LogP contribution is 2.05. The van der Waals surface area contributed by atoms with Gasteiger partial charge in [0.1, 0.15) is 0 Å². The molecule has 0 atom stereocenters. The predicted octanol–water partition coefficient (Wildman–Crippen LogP) is -0.123. The van der Waals surface area contributed by atoms with Gasteiger partial charge in [0.15, 0.2) is 0 Å². The van der Waals surface area contributed by atoms with E-state index in [0.29, 0.717) is 6.54 Å². The van der Waals surface area contributed by atoms with Crippen molar-refractivity contribution in [3.8, 4) is 0 Å². The Hall–Kier alpha value is -0.660. The summed E-state index contributed by atoms with van der Waals surface area (Å²) in [6, 6.07) is -0.145. The summed E-state index contributed by atoms with van der Waals surface area (Å²) >= 11 is 0. The van der Waals surface area contributed by atoms with Gasteiger partial charge in [0.05, 0.1) is 5.84 Å². The number of nitrogens with zero attached hydrogens (tertiary/aromatic N) is 1. The van der Waals surface area contributed by atoms with Crippen LogP contribution >= 0.6 is 0 Å². The highest BCUT2D eigenvalue weighted by molar-refractivity contribution is 7.87. The van der Waals surface area contributed by atoms with Crippen molar-refractivity contribution in [2.75, 3.05) is 13.1 Å². The van der Waals surface area contributed by atoms with Crippen LogP contribution in [0.2, 0.25) is 0 Å². The largest absolute Gasteiger partial charge is 0.388 e. The second kappa shape index (κ2) is 6.04. The molecule has 0 radical (unpaired) electrons. The van der Waals surface area contributed by atoms with Crippen LogP contribution in [0.3, 0.4) is 0 Å². The van der Waals surface area contributed by atoms with Gasteiger partial charge in [0.2, 0.25) is 0 Å². The molecule has 6 nitrogen and oxygen atoms in total. The highest BCUT2D eigenvalue weighted by atomic mass is 32.2. The minimum Gasteiger partial charge on any atom is -0.388 e. The van der Waals surface area contributed by atoms with Crippen LogP contribution in [0.15, 0.2) is 0 Å². The molecule has 0 saturated heterocycles. The first kappa shape index (κ1) is 14.3. The van der Waals surface area contributed by atoms with E-state index in [9.17, 15) is 8.42 Å². The first-order valence-electron chi connectivity index (χ1n) is 4.90. The van der Waals surface area contributed by atoms with Gasteiger partial charge in [-0.05, 0) is 13.8 Å². The standard InChI is InChI=1S/C8H20N4O2S/c1-4-11-15(13,14)12(7(2)3)6-5-8(9)10/h7,11H,4-6H2,1-3H3,(H3,9,10). The van der Waals surface area contributed by atoms with Gasteiger partial charge in [-0.15, -0.1) is 0 Å². The molecule has 0 aliphatic carbocycles. The van der Waals surface area contributed by atoms with Gasteiger partial charge < -0.3 is 5.73 Å². The van der Waals surface area contributed by atoms with Gasteiger partial charge >= 0.3 is 0 Å². The summed E-state index contributed by atoms with van der Waals surface area (Å²) in [6.45, 7) is 5.89. The zero-order valence-electron chi connectivity index (χ0n) is 9.45. The van der Waals surface area contributed by atoms with Gasteiger partial charge in [-0.1, -0.05) is 6.92 Å². The minimum absolute atomic E-state index is 0.00708. The van der Waals surface area contributed by atoms with Crippen LogP contribution in [-0.4, -0.2) is 37.7 Å². The van der Waals surface area contributed by atoms with Crippen molar-refractivity contribution in [1.82, 2.24) is 9.03 Å². The molecule has 0 aromatic heterocycles. The Labute approximate surface area is 91.5 Å². The van der Waals surface area contributed by atoms with E-state index >= 15 is 0 Å². The zero-order valence-corrected chi connectivity index (χ0v) is 10.3. The van der Waals surface area contributed by atoms with Gasteiger partial charge in [0, 0.05) is 25.6 Å². The Balaban J connectivity index is 4.59. The van der Waals surface area contributed by atoms with Gasteiger partial charge in [-0.2, -0.15) is 12.7 Å². The van der Waals surface area contributed by atoms with E-state index in [4.69, 9.17) is 11.1 Å². The van der Waals surface area contributed by atoms with Crippen molar-refractivity contribution in [2.24, 2.45) is 5.73 Å². The molecule has 0 spiro atoms. The van der Waals surface area contributed by atoms with Gasteiger partial charge in [-0.25, -0.2) is 4.72 Å². The van der Waals surface area contributed by atoms with E-state index in [-0.39, 0.29) is 24.8 Å². The van der Waals surface area contributed by atoms with E-state index in [1.807, 2.05) is 0 Å². The fourth-order valence-corrected chi connectivity index (χ4v) is 2.57. The molecule has 0 bridgehead atoms. The van der Waals surface area contributed by atoms with Crippen LogP contribution in [0.25, 0.3) is 0 Å². The summed E-state index contributed by atoms with van der Waals surface area (Å²) in [5.41, 5.74) is 5.20. The van der Waals surface area contributed by atoms with Crippen LogP contribution in [0.4, 0.5) is 0 Å².